The van der Waals surface area contributed by atoms with E-state index in [0.29, 0.717) is 26.2 Å². The average Bonchev–Trinajstić information content (AvgIpc) is 3.32. The highest BCUT2D eigenvalue weighted by molar-refractivity contribution is 5.78. The summed E-state index contributed by atoms with van der Waals surface area (Å²) in [6, 6.07) is 0. The molecule has 0 amide bonds. The van der Waals surface area contributed by atoms with Crippen LogP contribution in [0.3, 0.4) is 0 Å². The minimum Gasteiger partial charge on any atom is -0.465 e. The van der Waals surface area contributed by atoms with Gasteiger partial charge in [0.25, 0.3) is 0 Å². The zero-order chi connectivity index (χ0) is 51.4. The fraction of sp³-hybridized carbons (Fsp3) is 0.893. The van der Waals surface area contributed by atoms with Crippen LogP contribution < -0.4 is 0 Å². The van der Waals surface area contributed by atoms with E-state index in [1.165, 1.54) is 0 Å². The van der Waals surface area contributed by atoms with Crippen LogP contribution in [0.4, 0.5) is 0 Å². The number of carbonyl (C=O) groups is 6. The van der Waals surface area contributed by atoms with Gasteiger partial charge in [0.05, 0.1) is 38.9 Å². The number of carbonyl (C=O) groups excluding carboxylic acids is 6. The molecule has 0 aromatic heterocycles. The highest BCUT2D eigenvalue weighted by Gasteiger charge is 2.38. The van der Waals surface area contributed by atoms with Crippen molar-refractivity contribution in [3.05, 3.63) is 0 Å². The largest absolute Gasteiger partial charge is 0.465 e. The summed E-state index contributed by atoms with van der Waals surface area (Å²) in [5.74, 6) is -2.64. The van der Waals surface area contributed by atoms with Gasteiger partial charge in [-0.2, -0.15) is 0 Å². The fourth-order valence-corrected chi connectivity index (χ4v) is 8.28. The lowest BCUT2D eigenvalue weighted by Crippen LogP contribution is -2.44. The normalized spacial score (nSPS) is 11.7. The van der Waals surface area contributed by atoms with Crippen LogP contribution in [-0.4, -0.2) is 101 Å². The van der Waals surface area contributed by atoms with Gasteiger partial charge < -0.3 is 33.3 Å². The monoisotopic (exact) mass is 982 g/mol. The van der Waals surface area contributed by atoms with Gasteiger partial charge in [0.15, 0.2) is 0 Å². The van der Waals surface area contributed by atoms with E-state index in [9.17, 15) is 28.8 Å². The third kappa shape index (κ3) is 39.1. The molecule has 0 aromatic rings. The molecular weight excluding hydrogens is 879 g/mol. The van der Waals surface area contributed by atoms with Crippen molar-refractivity contribution in [1.29, 1.82) is 0 Å². The molecule has 0 saturated carbocycles. The van der Waals surface area contributed by atoms with Gasteiger partial charge in [-0.05, 0) is 83.3 Å². The number of unbranched alkanes of at least 4 members (excludes halogenated alkanes) is 12. The first kappa shape index (κ1) is 65.8. The molecule has 0 unspecified atom stereocenters. The molecule has 0 saturated heterocycles. The zero-order valence-corrected chi connectivity index (χ0v) is 45.4. The molecule has 0 aliphatic rings. The van der Waals surface area contributed by atoms with Gasteiger partial charge in [0.1, 0.15) is 31.8 Å². The Morgan fingerprint density at radius 3 is 0.928 bits per heavy atom. The van der Waals surface area contributed by atoms with Gasteiger partial charge in [0, 0.05) is 12.8 Å². The Morgan fingerprint density at radius 1 is 0.348 bits per heavy atom. The summed E-state index contributed by atoms with van der Waals surface area (Å²) in [4.78, 5) is 81.0. The van der Waals surface area contributed by atoms with Crippen LogP contribution in [0.15, 0.2) is 0 Å². The van der Waals surface area contributed by atoms with E-state index in [4.69, 9.17) is 28.4 Å². The first-order valence-electron chi connectivity index (χ1n) is 27.8. The lowest BCUT2D eigenvalue weighted by atomic mass is 9.91. The number of hydrogen-bond acceptors (Lipinski definition) is 13. The number of nitrogens with zero attached hydrogens (tertiary/aromatic N) is 1. The van der Waals surface area contributed by atoms with Crippen molar-refractivity contribution >= 4 is 35.8 Å². The van der Waals surface area contributed by atoms with Crippen LogP contribution in [0, 0.1) is 23.2 Å². The molecule has 0 aliphatic heterocycles. The molecule has 0 aromatic carbocycles. The van der Waals surface area contributed by atoms with Crippen LogP contribution in [-0.2, 0) is 57.2 Å². The summed E-state index contributed by atoms with van der Waals surface area (Å²) in [6.45, 7) is 12.6. The van der Waals surface area contributed by atoms with Crippen molar-refractivity contribution < 1.29 is 57.2 Å². The predicted octanol–water partition coefficient (Wildman–Crippen LogP) is 12.9. The van der Waals surface area contributed by atoms with Gasteiger partial charge >= 0.3 is 35.8 Å². The molecule has 0 fully saturated rings. The van der Waals surface area contributed by atoms with Crippen molar-refractivity contribution in [2.45, 2.75) is 241 Å². The number of ether oxygens (including phenoxy) is 6. The van der Waals surface area contributed by atoms with E-state index in [2.05, 4.69) is 41.5 Å². The topological polar surface area (TPSA) is 161 Å². The number of rotatable bonds is 48. The Kier molecular flexibility index (Phi) is 42.6. The van der Waals surface area contributed by atoms with E-state index in [1.807, 2.05) is 19.0 Å². The molecule has 0 heterocycles. The van der Waals surface area contributed by atoms with Crippen molar-refractivity contribution in [2.75, 3.05) is 60.3 Å². The smallest absolute Gasteiger partial charge is 0.306 e. The molecule has 69 heavy (non-hydrogen) atoms. The van der Waals surface area contributed by atoms with Crippen molar-refractivity contribution in [3.63, 3.8) is 0 Å². The lowest BCUT2D eigenvalue weighted by molar-refractivity contribution is -0.172. The summed E-state index contributed by atoms with van der Waals surface area (Å²) in [5, 5.41) is 0. The van der Waals surface area contributed by atoms with Crippen molar-refractivity contribution in [3.8, 4) is 0 Å². The molecule has 0 bridgehead atoms. The molecule has 404 valence electrons. The second-order valence-electron chi connectivity index (χ2n) is 20.2. The summed E-state index contributed by atoms with van der Waals surface area (Å²) in [5.41, 5.74) is -1.48. The molecule has 0 N–H and O–H groups in total. The van der Waals surface area contributed by atoms with Crippen LogP contribution in [0.2, 0.25) is 0 Å². The van der Waals surface area contributed by atoms with E-state index in [0.717, 1.165) is 154 Å². The maximum Gasteiger partial charge on any atom is 0.306 e. The van der Waals surface area contributed by atoms with Gasteiger partial charge in [-0.15, -0.1) is 0 Å². The van der Waals surface area contributed by atoms with E-state index >= 15 is 0 Å². The SMILES string of the molecule is CCCCCC(CCCCC)COC(=O)CCC(=O)OCC(COC(=O)CCCN(C)C)(COC(=O)CCC(=O)OCC(CCCCC)CCCCC)COC(=O)CC(CCCCC)CCCCC. The summed E-state index contributed by atoms with van der Waals surface area (Å²) >= 11 is 0. The van der Waals surface area contributed by atoms with Crippen LogP contribution in [0.1, 0.15) is 241 Å². The van der Waals surface area contributed by atoms with Crippen LogP contribution in [0.25, 0.3) is 0 Å². The van der Waals surface area contributed by atoms with Crippen molar-refractivity contribution in [1.82, 2.24) is 4.90 Å². The van der Waals surface area contributed by atoms with Gasteiger partial charge in [0.2, 0.25) is 0 Å². The second kappa shape index (κ2) is 44.7. The minimum absolute atomic E-state index is 0.116. The third-order valence-corrected chi connectivity index (χ3v) is 12.9. The van der Waals surface area contributed by atoms with Gasteiger partial charge in [-0.1, -0.05) is 157 Å². The fourth-order valence-electron chi connectivity index (χ4n) is 8.28. The molecular formula is C56H103NO12. The first-order valence-corrected chi connectivity index (χ1v) is 27.8. The lowest BCUT2D eigenvalue weighted by Gasteiger charge is -2.32. The molecule has 0 atom stereocenters. The average molecular weight is 982 g/mol. The second-order valence-corrected chi connectivity index (χ2v) is 20.2. The Morgan fingerprint density at radius 2 is 0.623 bits per heavy atom. The number of hydrogen-bond donors (Lipinski definition) is 0. The molecule has 0 aliphatic carbocycles. The first-order chi connectivity index (χ1) is 33.3. The molecule has 13 heteroatoms. The molecule has 0 rings (SSSR count). The molecule has 0 spiro atoms. The van der Waals surface area contributed by atoms with Crippen LogP contribution >= 0.6 is 0 Å². The Balaban J connectivity index is 6.21. The van der Waals surface area contributed by atoms with Crippen molar-refractivity contribution in [2.24, 2.45) is 23.2 Å². The minimum atomic E-state index is -1.48. The van der Waals surface area contributed by atoms with E-state index < -0.39 is 54.4 Å². The Hall–Kier alpha value is -3.22. The Labute approximate surface area is 420 Å². The summed E-state index contributed by atoms with van der Waals surface area (Å²) in [7, 11) is 3.82. The maximum absolute atomic E-state index is 13.6. The highest BCUT2D eigenvalue weighted by atomic mass is 16.6. The standard InChI is InChI=1S/C56H103NO12/c1-9-15-21-28-47(29-22-16-10-2)40-55(63)69-46-56(43-66-50(58)34-27-39-57(7)8,44-67-53(61)37-35-51(59)64-41-48(30-23-17-11-3)31-24-18-12-4)45-68-54(62)38-36-52(60)65-42-49(32-25-19-13-5)33-26-20-14-6/h47-49H,9-46H2,1-8H3. The highest BCUT2D eigenvalue weighted by Crippen LogP contribution is 2.26. The molecule has 0 radical (unpaired) electrons. The quantitative estimate of drug-likeness (QED) is 0.0322. The van der Waals surface area contributed by atoms with Crippen LogP contribution in [0.5, 0.6) is 0 Å². The predicted molar refractivity (Wildman–Crippen MR) is 274 cm³/mol. The maximum atomic E-state index is 13.6. The van der Waals surface area contributed by atoms with Gasteiger partial charge in [-0.3, -0.25) is 28.8 Å². The summed E-state index contributed by atoms with van der Waals surface area (Å²) in [6.07, 6.45) is 25.4. The zero-order valence-electron chi connectivity index (χ0n) is 45.4. The number of esters is 6. The molecule has 13 nitrogen and oxygen atoms in total. The van der Waals surface area contributed by atoms with E-state index in [-0.39, 0.29) is 69.5 Å². The van der Waals surface area contributed by atoms with Gasteiger partial charge in [-0.25, -0.2) is 0 Å². The Bertz CT molecular complexity index is 1230. The third-order valence-electron chi connectivity index (χ3n) is 12.9. The summed E-state index contributed by atoms with van der Waals surface area (Å²) < 4.78 is 34.5. The van der Waals surface area contributed by atoms with E-state index in [1.54, 1.807) is 0 Å².